The van der Waals surface area contributed by atoms with Gasteiger partial charge in [-0.2, -0.15) is 0 Å². The first-order chi connectivity index (χ1) is 6.34. The van der Waals surface area contributed by atoms with Crippen LogP contribution in [0.5, 0.6) is 0 Å². The number of piperidine rings is 1. The minimum Gasteiger partial charge on any atom is -0.353 e. The van der Waals surface area contributed by atoms with Gasteiger partial charge < -0.3 is 10.6 Å². The van der Waals surface area contributed by atoms with Gasteiger partial charge in [0.1, 0.15) is 0 Å². The van der Waals surface area contributed by atoms with Crippen LogP contribution in [0.3, 0.4) is 0 Å². The van der Waals surface area contributed by atoms with Gasteiger partial charge in [0.25, 0.3) is 0 Å². The highest BCUT2D eigenvalue weighted by Gasteiger charge is 2.24. The zero-order valence-electron chi connectivity index (χ0n) is 8.01. The molecule has 0 aromatic rings. The molecule has 0 spiro atoms. The third kappa shape index (κ3) is 2.99. The Morgan fingerprint density at radius 3 is 2.85 bits per heavy atom. The Labute approximate surface area is 79.3 Å². The van der Waals surface area contributed by atoms with Crippen molar-refractivity contribution in [2.75, 3.05) is 13.1 Å². The topological polar surface area (TPSA) is 41.1 Å². The number of hydrogen-bond donors (Lipinski definition) is 2. The second kappa shape index (κ2) is 4.09. The average Bonchev–Trinajstić information content (AvgIpc) is 2.90. The maximum Gasteiger partial charge on any atom is 0.220 e. The van der Waals surface area contributed by atoms with E-state index in [1.165, 1.54) is 25.7 Å². The molecule has 2 N–H and O–H groups in total. The van der Waals surface area contributed by atoms with Gasteiger partial charge in [0.15, 0.2) is 0 Å². The molecule has 2 aliphatic rings. The Kier molecular flexibility index (Phi) is 2.83. The van der Waals surface area contributed by atoms with E-state index >= 15 is 0 Å². The molecule has 1 atom stereocenters. The molecule has 1 saturated carbocycles. The molecule has 0 aromatic carbocycles. The summed E-state index contributed by atoms with van der Waals surface area (Å²) in [7, 11) is 0. The van der Waals surface area contributed by atoms with E-state index in [1.807, 2.05) is 0 Å². The Hall–Kier alpha value is -0.570. The lowest BCUT2D eigenvalue weighted by Gasteiger charge is -2.21. The fraction of sp³-hybridized carbons (Fsp3) is 0.900. The Balaban J connectivity index is 1.66. The van der Waals surface area contributed by atoms with Crippen molar-refractivity contribution in [3.05, 3.63) is 0 Å². The molecule has 0 bridgehead atoms. The fourth-order valence-electron chi connectivity index (χ4n) is 1.87. The normalized spacial score (nSPS) is 28.5. The second-order valence-electron chi connectivity index (χ2n) is 4.26. The van der Waals surface area contributed by atoms with Crippen molar-refractivity contribution in [3.8, 4) is 0 Å². The molecule has 74 valence electrons. The van der Waals surface area contributed by atoms with Crippen LogP contribution >= 0.6 is 0 Å². The molecular formula is C10H18N2O. The predicted molar refractivity (Wildman–Crippen MR) is 51.4 cm³/mol. The first-order valence-electron chi connectivity index (χ1n) is 5.34. The predicted octanol–water partition coefficient (Wildman–Crippen LogP) is 0.655. The van der Waals surface area contributed by atoms with Gasteiger partial charge in [0.05, 0.1) is 0 Å². The van der Waals surface area contributed by atoms with E-state index in [2.05, 4.69) is 10.6 Å². The highest BCUT2D eigenvalue weighted by atomic mass is 16.1. The van der Waals surface area contributed by atoms with E-state index in [-0.39, 0.29) is 5.91 Å². The van der Waals surface area contributed by atoms with Crippen molar-refractivity contribution in [3.63, 3.8) is 0 Å². The van der Waals surface area contributed by atoms with Crippen molar-refractivity contribution in [1.82, 2.24) is 10.6 Å². The molecule has 1 unspecified atom stereocenters. The van der Waals surface area contributed by atoms with Crippen LogP contribution in [0.4, 0.5) is 0 Å². The van der Waals surface area contributed by atoms with Crippen LogP contribution in [0.2, 0.25) is 0 Å². The zero-order valence-corrected chi connectivity index (χ0v) is 8.01. The maximum atomic E-state index is 11.4. The maximum absolute atomic E-state index is 11.4. The van der Waals surface area contributed by atoms with Crippen molar-refractivity contribution in [2.24, 2.45) is 5.92 Å². The number of amides is 1. The molecule has 1 aliphatic heterocycles. The molecule has 2 rings (SSSR count). The van der Waals surface area contributed by atoms with E-state index < -0.39 is 0 Å². The number of nitrogens with one attached hydrogen (secondary N) is 2. The standard InChI is InChI=1S/C10H18N2O/c13-10(12-9-3-4-9)6-8-2-1-5-11-7-8/h8-9,11H,1-7H2,(H,12,13). The lowest BCUT2D eigenvalue weighted by molar-refractivity contribution is -0.122. The second-order valence-corrected chi connectivity index (χ2v) is 4.26. The lowest BCUT2D eigenvalue weighted by atomic mass is 9.96. The third-order valence-corrected chi connectivity index (χ3v) is 2.82. The van der Waals surface area contributed by atoms with E-state index in [9.17, 15) is 4.79 Å². The molecule has 3 heteroatoms. The Morgan fingerprint density at radius 2 is 2.23 bits per heavy atom. The van der Waals surface area contributed by atoms with Crippen LogP contribution in [0.1, 0.15) is 32.1 Å². The van der Waals surface area contributed by atoms with E-state index in [4.69, 9.17) is 0 Å². The van der Waals surface area contributed by atoms with Gasteiger partial charge in [-0.1, -0.05) is 0 Å². The molecule has 1 saturated heterocycles. The van der Waals surface area contributed by atoms with Crippen LogP contribution in [-0.2, 0) is 4.79 Å². The number of carbonyl (C=O) groups excluding carboxylic acids is 1. The van der Waals surface area contributed by atoms with Gasteiger partial charge in [-0.3, -0.25) is 4.79 Å². The van der Waals surface area contributed by atoms with Crippen LogP contribution in [0, 0.1) is 5.92 Å². The van der Waals surface area contributed by atoms with Crippen LogP contribution < -0.4 is 10.6 Å². The summed E-state index contributed by atoms with van der Waals surface area (Å²) < 4.78 is 0. The minimum atomic E-state index is 0.260. The molecular weight excluding hydrogens is 164 g/mol. The van der Waals surface area contributed by atoms with Crippen molar-refractivity contribution in [2.45, 2.75) is 38.1 Å². The number of hydrogen-bond acceptors (Lipinski definition) is 2. The molecule has 1 amide bonds. The van der Waals surface area contributed by atoms with Gasteiger partial charge in [0, 0.05) is 12.5 Å². The van der Waals surface area contributed by atoms with Crippen molar-refractivity contribution < 1.29 is 4.79 Å². The molecule has 3 nitrogen and oxygen atoms in total. The molecule has 13 heavy (non-hydrogen) atoms. The SMILES string of the molecule is O=C(CC1CCCNC1)NC1CC1. The van der Waals surface area contributed by atoms with Gasteiger partial charge in [-0.15, -0.1) is 0 Å². The van der Waals surface area contributed by atoms with Gasteiger partial charge in [-0.25, -0.2) is 0 Å². The monoisotopic (exact) mass is 182 g/mol. The van der Waals surface area contributed by atoms with Gasteiger partial charge >= 0.3 is 0 Å². The molecule has 1 aliphatic carbocycles. The fourth-order valence-corrected chi connectivity index (χ4v) is 1.87. The van der Waals surface area contributed by atoms with Crippen LogP contribution in [0.25, 0.3) is 0 Å². The molecule has 2 fully saturated rings. The van der Waals surface area contributed by atoms with Crippen LogP contribution in [-0.4, -0.2) is 25.0 Å². The van der Waals surface area contributed by atoms with Crippen LogP contribution in [0.15, 0.2) is 0 Å². The minimum absolute atomic E-state index is 0.260. The lowest BCUT2D eigenvalue weighted by Crippen LogP contribution is -2.34. The van der Waals surface area contributed by atoms with E-state index in [0.29, 0.717) is 12.0 Å². The van der Waals surface area contributed by atoms with Gasteiger partial charge in [0.2, 0.25) is 5.91 Å². The average molecular weight is 182 g/mol. The summed E-state index contributed by atoms with van der Waals surface area (Å²) in [6.07, 6.45) is 5.54. The number of carbonyl (C=O) groups is 1. The first-order valence-corrected chi connectivity index (χ1v) is 5.34. The summed E-state index contributed by atoms with van der Waals surface area (Å²) in [5.41, 5.74) is 0. The summed E-state index contributed by atoms with van der Waals surface area (Å²) in [5.74, 6) is 0.837. The molecule has 0 aromatic heterocycles. The zero-order chi connectivity index (χ0) is 9.10. The largest absolute Gasteiger partial charge is 0.353 e. The smallest absolute Gasteiger partial charge is 0.220 e. The van der Waals surface area contributed by atoms with E-state index in [0.717, 1.165) is 19.5 Å². The van der Waals surface area contributed by atoms with E-state index in [1.54, 1.807) is 0 Å². The van der Waals surface area contributed by atoms with Crippen molar-refractivity contribution in [1.29, 1.82) is 0 Å². The first kappa shape index (κ1) is 9.00. The highest BCUT2D eigenvalue weighted by molar-refractivity contribution is 5.76. The summed E-state index contributed by atoms with van der Waals surface area (Å²) in [6.45, 7) is 2.15. The third-order valence-electron chi connectivity index (χ3n) is 2.82. The Bertz CT molecular complexity index is 183. The molecule has 1 heterocycles. The summed E-state index contributed by atoms with van der Waals surface area (Å²) in [5, 5.41) is 6.36. The Morgan fingerprint density at radius 1 is 1.38 bits per heavy atom. The quantitative estimate of drug-likeness (QED) is 0.673. The van der Waals surface area contributed by atoms with Gasteiger partial charge in [-0.05, 0) is 44.7 Å². The summed E-state index contributed by atoms with van der Waals surface area (Å²) in [6, 6.07) is 0.518. The number of rotatable bonds is 3. The molecule has 0 radical (unpaired) electrons. The summed E-state index contributed by atoms with van der Waals surface area (Å²) >= 11 is 0. The summed E-state index contributed by atoms with van der Waals surface area (Å²) in [4.78, 5) is 11.4. The van der Waals surface area contributed by atoms with Crippen molar-refractivity contribution >= 4 is 5.91 Å². The highest BCUT2D eigenvalue weighted by Crippen LogP contribution is 2.20.